The van der Waals surface area contributed by atoms with Gasteiger partial charge in [0.1, 0.15) is 0 Å². The van der Waals surface area contributed by atoms with Gasteiger partial charge in [0, 0.05) is 13.2 Å². The highest BCUT2D eigenvalue weighted by Crippen LogP contribution is 2.41. The second-order valence-electron chi connectivity index (χ2n) is 6.68. The van der Waals surface area contributed by atoms with Crippen LogP contribution in [-0.2, 0) is 9.47 Å². The Morgan fingerprint density at radius 1 is 1.20 bits per heavy atom. The van der Waals surface area contributed by atoms with Crippen LogP contribution < -0.4 is 0 Å². The maximum Gasteiger partial charge on any atom is 0.0701 e. The van der Waals surface area contributed by atoms with Crippen LogP contribution in [0.4, 0.5) is 0 Å². The third kappa shape index (κ3) is 3.70. The van der Waals surface area contributed by atoms with Gasteiger partial charge >= 0.3 is 0 Å². The Balaban J connectivity index is 1.47. The Hall–Kier alpha value is 0.230. The van der Waals surface area contributed by atoms with Gasteiger partial charge in [0.15, 0.2) is 0 Å². The zero-order valence-corrected chi connectivity index (χ0v) is 13.2. The summed E-state index contributed by atoms with van der Waals surface area (Å²) >= 11 is 2.04. The monoisotopic (exact) mass is 300 g/mol. The van der Waals surface area contributed by atoms with Crippen molar-refractivity contribution in [2.45, 2.75) is 69.2 Å². The number of thioether (sulfide) groups is 1. The summed E-state index contributed by atoms with van der Waals surface area (Å²) in [5.41, 5.74) is 0.0962. The summed E-state index contributed by atoms with van der Waals surface area (Å²) in [6, 6.07) is 0. The Labute approximate surface area is 126 Å². The number of hydrogen-bond acceptors (Lipinski definition) is 4. The first-order valence-corrected chi connectivity index (χ1v) is 9.44. The molecule has 0 saturated carbocycles. The lowest BCUT2D eigenvalue weighted by Gasteiger charge is -2.44. The highest BCUT2D eigenvalue weighted by atomic mass is 32.2. The minimum Gasteiger partial charge on any atom is -0.393 e. The maximum atomic E-state index is 10.5. The molecule has 3 heterocycles. The Kier molecular flexibility index (Phi) is 5.29. The summed E-state index contributed by atoms with van der Waals surface area (Å²) in [5, 5.41) is 10.5. The van der Waals surface area contributed by atoms with E-state index in [0.717, 1.165) is 38.9 Å². The minimum absolute atomic E-state index is 0.0962. The molecule has 116 valence electrons. The number of rotatable bonds is 4. The van der Waals surface area contributed by atoms with Crippen molar-refractivity contribution in [1.82, 2.24) is 0 Å². The number of ether oxygens (including phenoxy) is 2. The van der Waals surface area contributed by atoms with Crippen molar-refractivity contribution < 1.29 is 14.6 Å². The summed E-state index contributed by atoms with van der Waals surface area (Å²) in [7, 11) is 0. The Morgan fingerprint density at radius 2 is 2.05 bits per heavy atom. The lowest BCUT2D eigenvalue weighted by atomic mass is 9.78. The molecule has 0 bridgehead atoms. The van der Waals surface area contributed by atoms with Crippen LogP contribution in [0.15, 0.2) is 0 Å². The predicted molar refractivity (Wildman–Crippen MR) is 82.2 cm³/mol. The van der Waals surface area contributed by atoms with E-state index >= 15 is 0 Å². The molecule has 3 nitrogen and oxygen atoms in total. The van der Waals surface area contributed by atoms with E-state index in [-0.39, 0.29) is 11.7 Å². The van der Waals surface area contributed by atoms with E-state index in [9.17, 15) is 5.11 Å². The average molecular weight is 300 g/mol. The highest BCUT2D eigenvalue weighted by molar-refractivity contribution is 7.99. The molecular weight excluding hydrogens is 272 g/mol. The number of aliphatic hydroxyl groups excluding tert-OH is 1. The first kappa shape index (κ1) is 15.1. The van der Waals surface area contributed by atoms with E-state index in [2.05, 4.69) is 0 Å². The fourth-order valence-electron chi connectivity index (χ4n) is 3.95. The molecule has 20 heavy (non-hydrogen) atoms. The third-order valence-electron chi connectivity index (χ3n) is 5.29. The zero-order chi connectivity index (χ0) is 13.8. The molecule has 0 aromatic carbocycles. The standard InChI is InChI=1S/C16H28O3S/c17-15(4-3-14-2-1-8-18-14)13-5-9-19-16(12-13)6-10-20-11-7-16/h13-15,17H,1-12H2. The second kappa shape index (κ2) is 6.99. The van der Waals surface area contributed by atoms with Crippen molar-refractivity contribution in [2.75, 3.05) is 24.7 Å². The number of hydrogen-bond donors (Lipinski definition) is 1. The molecule has 0 radical (unpaired) electrons. The van der Waals surface area contributed by atoms with Crippen LogP contribution in [0.3, 0.4) is 0 Å². The van der Waals surface area contributed by atoms with E-state index in [1.54, 1.807) is 0 Å². The largest absolute Gasteiger partial charge is 0.393 e. The summed E-state index contributed by atoms with van der Waals surface area (Å²) in [6.07, 6.45) is 9.00. The molecule has 1 spiro atoms. The SMILES string of the molecule is OC(CCC1CCCO1)C1CCOC2(CCSCC2)C1. The Morgan fingerprint density at radius 3 is 2.80 bits per heavy atom. The first-order chi connectivity index (χ1) is 9.77. The van der Waals surface area contributed by atoms with E-state index < -0.39 is 0 Å². The van der Waals surface area contributed by atoms with Crippen LogP contribution in [0.5, 0.6) is 0 Å². The molecule has 0 aromatic heterocycles. The predicted octanol–water partition coefficient (Wildman–Crippen LogP) is 3.00. The fraction of sp³-hybridized carbons (Fsp3) is 1.00. The topological polar surface area (TPSA) is 38.7 Å². The molecule has 0 aliphatic carbocycles. The van der Waals surface area contributed by atoms with Gasteiger partial charge in [-0.15, -0.1) is 0 Å². The van der Waals surface area contributed by atoms with E-state index in [4.69, 9.17) is 9.47 Å². The van der Waals surface area contributed by atoms with Crippen LogP contribution in [0, 0.1) is 5.92 Å². The van der Waals surface area contributed by atoms with Crippen LogP contribution in [0.2, 0.25) is 0 Å². The Bertz CT molecular complexity index is 293. The van der Waals surface area contributed by atoms with Gasteiger partial charge in [-0.3, -0.25) is 0 Å². The van der Waals surface area contributed by atoms with Gasteiger partial charge in [-0.25, -0.2) is 0 Å². The summed E-state index contributed by atoms with van der Waals surface area (Å²) in [6.45, 7) is 1.76. The van der Waals surface area contributed by atoms with Crippen LogP contribution in [0.25, 0.3) is 0 Å². The van der Waals surface area contributed by atoms with Crippen LogP contribution in [0.1, 0.15) is 51.4 Å². The molecule has 3 rings (SSSR count). The second-order valence-corrected chi connectivity index (χ2v) is 7.90. The molecule has 3 fully saturated rings. The van der Waals surface area contributed by atoms with Crippen LogP contribution in [-0.4, -0.2) is 47.6 Å². The average Bonchev–Trinajstić information content (AvgIpc) is 2.99. The molecule has 3 unspecified atom stereocenters. The normalized spacial score (nSPS) is 35.2. The molecule has 0 amide bonds. The van der Waals surface area contributed by atoms with Gasteiger partial charge < -0.3 is 14.6 Å². The lowest BCUT2D eigenvalue weighted by molar-refractivity contribution is -0.122. The molecule has 3 saturated heterocycles. The molecule has 3 aliphatic rings. The van der Waals surface area contributed by atoms with Crippen molar-refractivity contribution in [1.29, 1.82) is 0 Å². The van der Waals surface area contributed by atoms with Crippen molar-refractivity contribution in [3.05, 3.63) is 0 Å². The lowest BCUT2D eigenvalue weighted by Crippen LogP contribution is -2.45. The molecule has 0 aromatic rings. The summed E-state index contributed by atoms with van der Waals surface area (Å²) in [5.74, 6) is 2.88. The highest BCUT2D eigenvalue weighted by Gasteiger charge is 2.40. The van der Waals surface area contributed by atoms with Gasteiger partial charge in [-0.1, -0.05) is 0 Å². The van der Waals surface area contributed by atoms with Crippen molar-refractivity contribution in [3.63, 3.8) is 0 Å². The van der Waals surface area contributed by atoms with Gasteiger partial charge in [0.25, 0.3) is 0 Å². The molecule has 4 heteroatoms. The summed E-state index contributed by atoms with van der Waals surface area (Å²) in [4.78, 5) is 0. The quantitative estimate of drug-likeness (QED) is 0.866. The van der Waals surface area contributed by atoms with Crippen molar-refractivity contribution in [2.24, 2.45) is 5.92 Å². The molecule has 1 N–H and O–H groups in total. The molecule has 3 atom stereocenters. The van der Waals surface area contributed by atoms with Crippen LogP contribution >= 0.6 is 11.8 Å². The van der Waals surface area contributed by atoms with Gasteiger partial charge in [-0.2, -0.15) is 11.8 Å². The van der Waals surface area contributed by atoms with Gasteiger partial charge in [0.2, 0.25) is 0 Å². The van der Waals surface area contributed by atoms with E-state index in [0.29, 0.717) is 12.0 Å². The van der Waals surface area contributed by atoms with Gasteiger partial charge in [-0.05, 0) is 68.8 Å². The fourth-order valence-corrected chi connectivity index (χ4v) is 5.19. The van der Waals surface area contributed by atoms with Crippen molar-refractivity contribution in [3.8, 4) is 0 Å². The molecular formula is C16H28O3S. The van der Waals surface area contributed by atoms with Gasteiger partial charge in [0.05, 0.1) is 17.8 Å². The smallest absolute Gasteiger partial charge is 0.0701 e. The van der Waals surface area contributed by atoms with E-state index in [1.165, 1.54) is 37.2 Å². The summed E-state index contributed by atoms with van der Waals surface area (Å²) < 4.78 is 11.8. The zero-order valence-electron chi connectivity index (χ0n) is 12.4. The first-order valence-electron chi connectivity index (χ1n) is 8.29. The van der Waals surface area contributed by atoms with Crippen molar-refractivity contribution >= 4 is 11.8 Å². The third-order valence-corrected chi connectivity index (χ3v) is 6.27. The van der Waals surface area contributed by atoms with E-state index in [1.807, 2.05) is 11.8 Å². The minimum atomic E-state index is -0.158. The molecule has 3 aliphatic heterocycles. The number of aliphatic hydroxyl groups is 1. The maximum absolute atomic E-state index is 10.5.